The smallest absolute Gasteiger partial charge is 0.254 e. The molecule has 0 fully saturated rings. The Balaban J connectivity index is 1.40. The van der Waals surface area contributed by atoms with Crippen molar-refractivity contribution >= 4 is 16.8 Å². The van der Waals surface area contributed by atoms with E-state index in [0.29, 0.717) is 18.7 Å². The number of aromatic nitrogens is 1. The summed E-state index contributed by atoms with van der Waals surface area (Å²) in [6.45, 7) is 1.36. The zero-order valence-electron chi connectivity index (χ0n) is 16.5. The summed E-state index contributed by atoms with van der Waals surface area (Å²) in [6, 6.07) is 23.5. The normalized spacial score (nSPS) is 12.3. The third kappa shape index (κ3) is 3.62. The van der Waals surface area contributed by atoms with Gasteiger partial charge in [0.15, 0.2) is 11.5 Å². The second-order valence-electron chi connectivity index (χ2n) is 7.39. The summed E-state index contributed by atoms with van der Waals surface area (Å²) in [5.41, 5.74) is 4.03. The van der Waals surface area contributed by atoms with Crippen LogP contribution in [0.25, 0.3) is 10.9 Å². The Hall–Kier alpha value is -3.73. The van der Waals surface area contributed by atoms with Gasteiger partial charge in [0, 0.05) is 35.8 Å². The maximum Gasteiger partial charge on any atom is 0.254 e. The van der Waals surface area contributed by atoms with Gasteiger partial charge in [-0.2, -0.15) is 0 Å². The number of rotatable bonds is 6. The average molecular weight is 398 g/mol. The van der Waals surface area contributed by atoms with Crippen molar-refractivity contribution in [1.82, 2.24) is 9.88 Å². The SMILES string of the molecule is O=C(c1ccccc1)N(CCc1c[nH]c2ccccc12)Cc1ccc2c(c1)OCO2. The predicted molar refractivity (Wildman–Crippen MR) is 116 cm³/mol. The average Bonchev–Trinajstić information content (AvgIpc) is 3.43. The quantitative estimate of drug-likeness (QED) is 0.508. The summed E-state index contributed by atoms with van der Waals surface area (Å²) in [7, 11) is 0. The molecule has 1 aliphatic heterocycles. The minimum atomic E-state index is 0.0214. The van der Waals surface area contributed by atoms with Crippen LogP contribution in [-0.2, 0) is 13.0 Å². The minimum Gasteiger partial charge on any atom is -0.454 e. The first-order valence-corrected chi connectivity index (χ1v) is 10.1. The van der Waals surface area contributed by atoms with Crippen LogP contribution in [0.3, 0.4) is 0 Å². The summed E-state index contributed by atoms with van der Waals surface area (Å²) >= 11 is 0. The Morgan fingerprint density at radius 2 is 1.73 bits per heavy atom. The number of carbonyl (C=O) groups excluding carboxylic acids is 1. The molecule has 0 saturated heterocycles. The number of aromatic amines is 1. The molecule has 0 atom stereocenters. The Labute approximate surface area is 174 Å². The van der Waals surface area contributed by atoms with Gasteiger partial charge >= 0.3 is 0 Å². The number of nitrogens with zero attached hydrogens (tertiary/aromatic N) is 1. The molecule has 2 heterocycles. The maximum absolute atomic E-state index is 13.3. The Bertz CT molecular complexity index is 1180. The number of hydrogen-bond acceptors (Lipinski definition) is 3. The number of amides is 1. The van der Waals surface area contributed by atoms with Crippen LogP contribution in [0.1, 0.15) is 21.5 Å². The van der Waals surface area contributed by atoms with Crippen LogP contribution in [0, 0.1) is 0 Å². The second-order valence-corrected chi connectivity index (χ2v) is 7.39. The highest BCUT2D eigenvalue weighted by Gasteiger charge is 2.19. The lowest BCUT2D eigenvalue weighted by Crippen LogP contribution is -2.32. The van der Waals surface area contributed by atoms with Crippen LogP contribution < -0.4 is 9.47 Å². The van der Waals surface area contributed by atoms with Gasteiger partial charge in [0.2, 0.25) is 6.79 Å². The molecule has 1 amide bonds. The highest BCUT2D eigenvalue weighted by Crippen LogP contribution is 2.33. The molecule has 1 aromatic heterocycles. The van der Waals surface area contributed by atoms with Crippen molar-refractivity contribution in [1.29, 1.82) is 0 Å². The zero-order chi connectivity index (χ0) is 20.3. The molecule has 0 unspecified atom stereocenters. The van der Waals surface area contributed by atoms with Gasteiger partial charge in [-0.3, -0.25) is 4.79 Å². The number of H-pyrrole nitrogens is 1. The first kappa shape index (κ1) is 18.3. The minimum absolute atomic E-state index is 0.0214. The van der Waals surface area contributed by atoms with Gasteiger partial charge in [0.1, 0.15) is 0 Å². The van der Waals surface area contributed by atoms with Crippen molar-refractivity contribution < 1.29 is 14.3 Å². The molecule has 0 spiro atoms. The fourth-order valence-electron chi connectivity index (χ4n) is 3.87. The van der Waals surface area contributed by atoms with Crippen LogP contribution >= 0.6 is 0 Å². The van der Waals surface area contributed by atoms with Crippen LogP contribution in [0.2, 0.25) is 0 Å². The van der Waals surface area contributed by atoms with E-state index < -0.39 is 0 Å². The van der Waals surface area contributed by atoms with Crippen molar-refractivity contribution in [2.45, 2.75) is 13.0 Å². The Morgan fingerprint density at radius 1 is 0.933 bits per heavy atom. The van der Waals surface area contributed by atoms with Crippen molar-refractivity contribution in [3.8, 4) is 11.5 Å². The van der Waals surface area contributed by atoms with Gasteiger partial charge in [-0.15, -0.1) is 0 Å². The monoisotopic (exact) mass is 398 g/mol. The highest BCUT2D eigenvalue weighted by molar-refractivity contribution is 5.94. The summed E-state index contributed by atoms with van der Waals surface area (Å²) < 4.78 is 10.9. The Morgan fingerprint density at radius 3 is 2.63 bits per heavy atom. The van der Waals surface area contributed by atoms with Gasteiger partial charge < -0.3 is 19.4 Å². The van der Waals surface area contributed by atoms with E-state index in [9.17, 15) is 4.79 Å². The summed E-state index contributed by atoms with van der Waals surface area (Å²) in [5, 5.41) is 1.20. The lowest BCUT2D eigenvalue weighted by molar-refractivity contribution is 0.0745. The van der Waals surface area contributed by atoms with E-state index in [2.05, 4.69) is 17.1 Å². The number of carbonyl (C=O) groups is 1. The molecule has 0 radical (unpaired) electrons. The number of nitrogens with one attached hydrogen (secondary N) is 1. The van der Waals surface area contributed by atoms with Crippen molar-refractivity contribution in [3.05, 3.63) is 95.7 Å². The van der Waals surface area contributed by atoms with E-state index in [1.165, 1.54) is 10.9 Å². The summed E-state index contributed by atoms with van der Waals surface area (Å²) in [5.74, 6) is 1.50. The Kier molecular flexibility index (Phi) is 4.85. The molecule has 3 aromatic carbocycles. The molecule has 0 bridgehead atoms. The van der Waals surface area contributed by atoms with Crippen LogP contribution in [0.4, 0.5) is 0 Å². The molecule has 5 heteroatoms. The summed E-state index contributed by atoms with van der Waals surface area (Å²) in [4.78, 5) is 18.5. The topological polar surface area (TPSA) is 54.6 Å². The highest BCUT2D eigenvalue weighted by atomic mass is 16.7. The molecule has 1 N–H and O–H groups in total. The van der Waals surface area contributed by atoms with E-state index in [1.807, 2.05) is 71.8 Å². The fraction of sp³-hybridized carbons (Fsp3) is 0.160. The number of ether oxygens (including phenoxy) is 2. The van der Waals surface area contributed by atoms with E-state index in [1.54, 1.807) is 0 Å². The molecule has 0 aliphatic carbocycles. The third-order valence-corrected chi connectivity index (χ3v) is 5.44. The van der Waals surface area contributed by atoms with Gasteiger partial charge in [0.25, 0.3) is 5.91 Å². The molecule has 1 aliphatic rings. The van der Waals surface area contributed by atoms with Gasteiger partial charge in [-0.1, -0.05) is 42.5 Å². The molecule has 5 rings (SSSR count). The zero-order valence-corrected chi connectivity index (χ0v) is 16.5. The van der Waals surface area contributed by atoms with E-state index >= 15 is 0 Å². The van der Waals surface area contributed by atoms with E-state index in [4.69, 9.17) is 9.47 Å². The molecular weight excluding hydrogens is 376 g/mol. The number of fused-ring (bicyclic) bond motifs is 2. The fourth-order valence-corrected chi connectivity index (χ4v) is 3.87. The number of para-hydroxylation sites is 1. The van der Waals surface area contributed by atoms with Gasteiger partial charge in [-0.25, -0.2) is 0 Å². The maximum atomic E-state index is 13.3. The van der Waals surface area contributed by atoms with Crippen LogP contribution in [0.15, 0.2) is 79.0 Å². The molecule has 4 aromatic rings. The molecule has 150 valence electrons. The van der Waals surface area contributed by atoms with Crippen molar-refractivity contribution in [2.24, 2.45) is 0 Å². The van der Waals surface area contributed by atoms with Crippen molar-refractivity contribution in [2.75, 3.05) is 13.3 Å². The third-order valence-electron chi connectivity index (χ3n) is 5.44. The number of benzene rings is 3. The lowest BCUT2D eigenvalue weighted by atomic mass is 10.1. The molecule has 0 saturated carbocycles. The first-order chi connectivity index (χ1) is 14.8. The van der Waals surface area contributed by atoms with E-state index in [0.717, 1.165) is 29.0 Å². The first-order valence-electron chi connectivity index (χ1n) is 10.1. The van der Waals surface area contributed by atoms with Crippen LogP contribution in [-0.4, -0.2) is 29.1 Å². The lowest BCUT2D eigenvalue weighted by Gasteiger charge is -2.23. The molecular formula is C25H22N2O3. The predicted octanol–water partition coefficient (Wildman–Crippen LogP) is 4.78. The van der Waals surface area contributed by atoms with Gasteiger partial charge in [-0.05, 0) is 47.9 Å². The van der Waals surface area contributed by atoms with E-state index in [-0.39, 0.29) is 12.7 Å². The van der Waals surface area contributed by atoms with Crippen molar-refractivity contribution in [3.63, 3.8) is 0 Å². The molecule has 5 nitrogen and oxygen atoms in total. The molecule has 30 heavy (non-hydrogen) atoms. The second kappa shape index (κ2) is 7.95. The largest absolute Gasteiger partial charge is 0.454 e. The van der Waals surface area contributed by atoms with Crippen LogP contribution in [0.5, 0.6) is 11.5 Å². The standard InChI is InChI=1S/C25H22N2O3/c28-25(19-6-2-1-3-7-19)27(16-18-10-11-23-24(14-18)30-17-29-23)13-12-20-15-26-22-9-5-4-8-21(20)22/h1-11,14-15,26H,12-13,16-17H2. The number of hydrogen-bond donors (Lipinski definition) is 1. The van der Waals surface area contributed by atoms with Gasteiger partial charge in [0.05, 0.1) is 0 Å². The summed E-state index contributed by atoms with van der Waals surface area (Å²) in [6.07, 6.45) is 2.81.